The standard InChI is InChI=1S/C18H16BrN3O/c1-13(14-7-2-4-9-16(14)19)21-18(23)15-8-3-5-10-17(15)22-12-6-11-20-22/h2-13H,1H3,(H,21,23). The molecule has 1 amide bonds. The molecule has 4 nitrogen and oxygen atoms in total. The van der Waals surface area contributed by atoms with E-state index in [4.69, 9.17) is 0 Å². The van der Waals surface area contributed by atoms with E-state index < -0.39 is 0 Å². The Bertz CT molecular complexity index is 815. The van der Waals surface area contributed by atoms with Gasteiger partial charge in [0.1, 0.15) is 0 Å². The van der Waals surface area contributed by atoms with Gasteiger partial charge < -0.3 is 5.32 Å². The Balaban J connectivity index is 1.86. The summed E-state index contributed by atoms with van der Waals surface area (Å²) in [7, 11) is 0. The molecule has 3 aromatic rings. The Kier molecular flexibility index (Phi) is 4.57. The molecule has 23 heavy (non-hydrogen) atoms. The number of para-hydroxylation sites is 1. The van der Waals surface area contributed by atoms with Crippen LogP contribution in [0.15, 0.2) is 71.5 Å². The summed E-state index contributed by atoms with van der Waals surface area (Å²) in [5.74, 6) is -0.126. The van der Waals surface area contributed by atoms with Crippen LogP contribution in [-0.2, 0) is 0 Å². The van der Waals surface area contributed by atoms with Gasteiger partial charge in [-0.15, -0.1) is 0 Å². The second-order valence-corrected chi connectivity index (χ2v) is 6.04. The molecule has 0 saturated heterocycles. The van der Waals surface area contributed by atoms with Crippen molar-refractivity contribution in [3.63, 3.8) is 0 Å². The monoisotopic (exact) mass is 369 g/mol. The van der Waals surface area contributed by atoms with Crippen molar-refractivity contribution in [3.05, 3.63) is 82.6 Å². The van der Waals surface area contributed by atoms with Crippen molar-refractivity contribution in [2.24, 2.45) is 0 Å². The van der Waals surface area contributed by atoms with Crippen molar-refractivity contribution < 1.29 is 4.79 Å². The number of nitrogens with zero attached hydrogens (tertiary/aromatic N) is 2. The van der Waals surface area contributed by atoms with Gasteiger partial charge in [-0.05, 0) is 36.8 Å². The third kappa shape index (κ3) is 3.35. The highest BCUT2D eigenvalue weighted by Crippen LogP contribution is 2.23. The zero-order chi connectivity index (χ0) is 16.2. The lowest BCUT2D eigenvalue weighted by molar-refractivity contribution is 0.0939. The molecular weight excluding hydrogens is 354 g/mol. The SMILES string of the molecule is CC(NC(=O)c1ccccc1-n1cccn1)c1ccccc1Br. The fourth-order valence-corrected chi connectivity index (χ4v) is 3.08. The number of amides is 1. The Morgan fingerprint density at radius 3 is 2.61 bits per heavy atom. The van der Waals surface area contributed by atoms with Crippen molar-refractivity contribution in [1.29, 1.82) is 0 Å². The molecule has 1 aromatic heterocycles. The van der Waals surface area contributed by atoms with E-state index >= 15 is 0 Å². The first-order chi connectivity index (χ1) is 11.2. The molecule has 0 fully saturated rings. The second kappa shape index (κ2) is 6.79. The Hall–Kier alpha value is -2.40. The van der Waals surface area contributed by atoms with Gasteiger partial charge in [-0.1, -0.05) is 46.3 Å². The third-order valence-electron chi connectivity index (χ3n) is 3.62. The van der Waals surface area contributed by atoms with Gasteiger partial charge in [0, 0.05) is 16.9 Å². The number of nitrogens with one attached hydrogen (secondary N) is 1. The van der Waals surface area contributed by atoms with E-state index in [0.717, 1.165) is 15.7 Å². The maximum absolute atomic E-state index is 12.7. The van der Waals surface area contributed by atoms with Crippen molar-refractivity contribution in [2.45, 2.75) is 13.0 Å². The highest BCUT2D eigenvalue weighted by molar-refractivity contribution is 9.10. The predicted molar refractivity (Wildman–Crippen MR) is 93.6 cm³/mol. The minimum absolute atomic E-state index is 0.108. The zero-order valence-electron chi connectivity index (χ0n) is 12.6. The molecule has 0 bridgehead atoms. The van der Waals surface area contributed by atoms with Gasteiger partial charge in [0.2, 0.25) is 0 Å². The number of carbonyl (C=O) groups excluding carboxylic acids is 1. The minimum Gasteiger partial charge on any atom is -0.345 e. The van der Waals surface area contributed by atoms with Gasteiger partial charge in [-0.2, -0.15) is 5.10 Å². The summed E-state index contributed by atoms with van der Waals surface area (Å²) in [5, 5.41) is 7.26. The first-order valence-corrected chi connectivity index (χ1v) is 8.10. The number of benzene rings is 2. The summed E-state index contributed by atoms with van der Waals surface area (Å²) < 4.78 is 2.67. The van der Waals surface area contributed by atoms with Gasteiger partial charge in [0.25, 0.3) is 5.91 Å². The van der Waals surface area contributed by atoms with Crippen molar-refractivity contribution >= 4 is 21.8 Å². The molecule has 116 valence electrons. The molecule has 1 heterocycles. The first-order valence-electron chi connectivity index (χ1n) is 7.31. The van der Waals surface area contributed by atoms with Gasteiger partial charge in [0.15, 0.2) is 0 Å². The molecule has 0 spiro atoms. The molecule has 0 saturated carbocycles. The maximum atomic E-state index is 12.7. The van der Waals surface area contributed by atoms with Crippen LogP contribution in [0.25, 0.3) is 5.69 Å². The Labute approximate surface area is 143 Å². The number of aromatic nitrogens is 2. The summed E-state index contributed by atoms with van der Waals surface area (Å²) in [6.45, 7) is 1.97. The van der Waals surface area contributed by atoms with Crippen LogP contribution in [0, 0.1) is 0 Å². The van der Waals surface area contributed by atoms with E-state index in [0.29, 0.717) is 5.56 Å². The Morgan fingerprint density at radius 2 is 1.87 bits per heavy atom. The number of hydrogen-bond acceptors (Lipinski definition) is 2. The molecule has 2 aromatic carbocycles. The molecule has 1 atom stereocenters. The summed E-state index contributed by atoms with van der Waals surface area (Å²) >= 11 is 3.52. The number of rotatable bonds is 4. The van der Waals surface area contributed by atoms with Gasteiger partial charge >= 0.3 is 0 Å². The van der Waals surface area contributed by atoms with Gasteiger partial charge in [0.05, 0.1) is 17.3 Å². The number of carbonyl (C=O) groups is 1. The lowest BCUT2D eigenvalue weighted by Crippen LogP contribution is -2.28. The summed E-state index contributed by atoms with van der Waals surface area (Å²) in [5.41, 5.74) is 2.39. The molecule has 5 heteroatoms. The predicted octanol–water partition coefficient (Wildman–Crippen LogP) is 4.13. The van der Waals surface area contributed by atoms with Gasteiger partial charge in [-0.25, -0.2) is 4.68 Å². The van der Waals surface area contributed by atoms with Gasteiger partial charge in [-0.3, -0.25) is 4.79 Å². The molecule has 0 aliphatic rings. The quantitative estimate of drug-likeness (QED) is 0.751. The normalized spacial score (nSPS) is 11.9. The van der Waals surface area contributed by atoms with E-state index in [1.807, 2.05) is 61.7 Å². The largest absolute Gasteiger partial charge is 0.345 e. The summed E-state index contributed by atoms with van der Waals surface area (Å²) in [6.07, 6.45) is 3.52. The summed E-state index contributed by atoms with van der Waals surface area (Å²) in [4.78, 5) is 12.7. The zero-order valence-corrected chi connectivity index (χ0v) is 14.2. The average molecular weight is 370 g/mol. The molecule has 1 unspecified atom stereocenters. The van der Waals surface area contributed by atoms with E-state index in [1.54, 1.807) is 16.9 Å². The lowest BCUT2D eigenvalue weighted by Gasteiger charge is -2.17. The van der Waals surface area contributed by atoms with Crippen molar-refractivity contribution in [3.8, 4) is 5.69 Å². The maximum Gasteiger partial charge on any atom is 0.253 e. The van der Waals surface area contributed by atoms with Crippen LogP contribution in [0.2, 0.25) is 0 Å². The smallest absolute Gasteiger partial charge is 0.253 e. The molecule has 0 radical (unpaired) electrons. The molecular formula is C18H16BrN3O. The number of halogens is 1. The number of hydrogen-bond donors (Lipinski definition) is 1. The van der Waals surface area contributed by atoms with Crippen LogP contribution >= 0.6 is 15.9 Å². The van der Waals surface area contributed by atoms with Crippen LogP contribution in [-0.4, -0.2) is 15.7 Å². The third-order valence-corrected chi connectivity index (χ3v) is 4.34. The van der Waals surface area contributed by atoms with Crippen molar-refractivity contribution in [1.82, 2.24) is 15.1 Å². The second-order valence-electron chi connectivity index (χ2n) is 5.18. The van der Waals surface area contributed by atoms with E-state index in [-0.39, 0.29) is 11.9 Å². The Morgan fingerprint density at radius 1 is 1.13 bits per heavy atom. The van der Waals surface area contributed by atoms with Crippen LogP contribution in [0.5, 0.6) is 0 Å². The average Bonchev–Trinajstić information content (AvgIpc) is 3.09. The van der Waals surface area contributed by atoms with E-state index in [1.165, 1.54) is 0 Å². The molecule has 3 rings (SSSR count). The summed E-state index contributed by atoms with van der Waals surface area (Å²) in [6, 6.07) is 17.0. The molecule has 0 aliphatic carbocycles. The van der Waals surface area contributed by atoms with E-state index in [9.17, 15) is 4.79 Å². The fourth-order valence-electron chi connectivity index (χ4n) is 2.46. The van der Waals surface area contributed by atoms with Crippen LogP contribution in [0.3, 0.4) is 0 Å². The minimum atomic E-state index is -0.126. The topological polar surface area (TPSA) is 46.9 Å². The first kappa shape index (κ1) is 15.5. The molecule has 1 N–H and O–H groups in total. The highest BCUT2D eigenvalue weighted by Gasteiger charge is 2.16. The molecule has 0 aliphatic heterocycles. The van der Waals surface area contributed by atoms with E-state index in [2.05, 4.69) is 26.3 Å². The lowest BCUT2D eigenvalue weighted by atomic mass is 10.1. The van der Waals surface area contributed by atoms with Crippen LogP contribution in [0.4, 0.5) is 0 Å². The van der Waals surface area contributed by atoms with Crippen molar-refractivity contribution in [2.75, 3.05) is 0 Å². The fraction of sp³-hybridized carbons (Fsp3) is 0.111. The van der Waals surface area contributed by atoms with Crippen LogP contribution in [0.1, 0.15) is 28.9 Å². The highest BCUT2D eigenvalue weighted by atomic mass is 79.9. The van der Waals surface area contributed by atoms with Crippen LogP contribution < -0.4 is 5.32 Å².